The number of phenolic OH excluding ortho intramolecular Hbond substituents is 1. The number of nitrogens with one attached hydrogen (secondary N) is 1. The molecule has 1 saturated heterocycles. The topological polar surface area (TPSA) is 69.6 Å². The molecule has 1 aliphatic rings. The predicted molar refractivity (Wildman–Crippen MR) is 54.8 cm³/mol. The molecule has 0 amide bonds. The van der Waals surface area contributed by atoms with Crippen LogP contribution in [0.3, 0.4) is 0 Å². The van der Waals surface area contributed by atoms with Crippen LogP contribution in [0, 0.1) is 5.92 Å². The number of carboxylic acid groups (broad SMARTS) is 1. The van der Waals surface area contributed by atoms with E-state index in [1.807, 2.05) is 6.07 Å². The number of carboxylic acids is 1. The summed E-state index contributed by atoms with van der Waals surface area (Å²) in [4.78, 5) is 11.0. The van der Waals surface area contributed by atoms with Gasteiger partial charge in [0.15, 0.2) is 0 Å². The van der Waals surface area contributed by atoms with E-state index in [0.717, 1.165) is 5.56 Å². The third-order valence-corrected chi connectivity index (χ3v) is 2.87. The van der Waals surface area contributed by atoms with Crippen molar-refractivity contribution < 1.29 is 15.0 Å². The molecule has 0 aromatic heterocycles. The Morgan fingerprint density at radius 3 is 2.73 bits per heavy atom. The second-order valence-electron chi connectivity index (χ2n) is 3.77. The molecule has 4 heteroatoms. The summed E-state index contributed by atoms with van der Waals surface area (Å²) in [6, 6.07) is 6.92. The lowest BCUT2D eigenvalue weighted by Crippen LogP contribution is -2.21. The Balaban J connectivity index is 2.30. The van der Waals surface area contributed by atoms with Crippen LogP contribution in [-0.2, 0) is 4.79 Å². The molecule has 0 aliphatic carbocycles. The summed E-state index contributed by atoms with van der Waals surface area (Å²) < 4.78 is 0. The molecule has 1 fully saturated rings. The Morgan fingerprint density at radius 1 is 1.33 bits per heavy atom. The van der Waals surface area contributed by atoms with E-state index in [-0.39, 0.29) is 11.7 Å². The van der Waals surface area contributed by atoms with Crippen molar-refractivity contribution in [2.24, 2.45) is 5.92 Å². The Morgan fingerprint density at radius 2 is 2.07 bits per heavy atom. The zero-order valence-corrected chi connectivity index (χ0v) is 8.18. The van der Waals surface area contributed by atoms with Crippen molar-refractivity contribution in [3.8, 4) is 5.75 Å². The van der Waals surface area contributed by atoms with Gasteiger partial charge >= 0.3 is 5.97 Å². The van der Waals surface area contributed by atoms with Gasteiger partial charge in [0.2, 0.25) is 0 Å². The quantitative estimate of drug-likeness (QED) is 0.670. The van der Waals surface area contributed by atoms with E-state index < -0.39 is 11.9 Å². The van der Waals surface area contributed by atoms with E-state index in [4.69, 9.17) is 5.11 Å². The molecule has 0 radical (unpaired) electrons. The molecule has 0 spiro atoms. The van der Waals surface area contributed by atoms with Gasteiger partial charge in [-0.15, -0.1) is 0 Å². The monoisotopic (exact) mass is 207 g/mol. The molecule has 4 nitrogen and oxygen atoms in total. The van der Waals surface area contributed by atoms with E-state index in [0.29, 0.717) is 13.1 Å². The molecule has 0 saturated carbocycles. The summed E-state index contributed by atoms with van der Waals surface area (Å²) in [6.45, 7) is 1.07. The van der Waals surface area contributed by atoms with Gasteiger partial charge in [0.25, 0.3) is 0 Å². The van der Waals surface area contributed by atoms with Crippen LogP contribution in [0.2, 0.25) is 0 Å². The minimum absolute atomic E-state index is 0.135. The van der Waals surface area contributed by atoms with Crippen LogP contribution in [0.1, 0.15) is 11.5 Å². The highest BCUT2D eigenvalue weighted by molar-refractivity contribution is 5.72. The number of hydrogen-bond acceptors (Lipinski definition) is 3. The highest BCUT2D eigenvalue weighted by atomic mass is 16.4. The summed E-state index contributed by atoms with van der Waals surface area (Å²) in [5.41, 5.74) is 0.718. The van der Waals surface area contributed by atoms with Gasteiger partial charge in [0.05, 0.1) is 5.92 Å². The number of aromatic hydroxyl groups is 1. The fourth-order valence-corrected chi connectivity index (χ4v) is 2.07. The fraction of sp³-hybridized carbons (Fsp3) is 0.364. The van der Waals surface area contributed by atoms with Crippen LogP contribution in [-0.4, -0.2) is 29.3 Å². The molecule has 1 aliphatic heterocycles. The molecule has 3 N–H and O–H groups in total. The Kier molecular flexibility index (Phi) is 2.60. The zero-order chi connectivity index (χ0) is 10.8. The number of phenols is 1. The number of benzene rings is 1. The smallest absolute Gasteiger partial charge is 0.308 e. The summed E-state index contributed by atoms with van der Waals surface area (Å²) in [5.74, 6) is -1.22. The highest BCUT2D eigenvalue weighted by Crippen LogP contribution is 2.33. The van der Waals surface area contributed by atoms with Crippen LogP contribution in [0.5, 0.6) is 5.75 Å². The molecule has 2 unspecified atom stereocenters. The van der Waals surface area contributed by atoms with Crippen LogP contribution < -0.4 is 5.32 Å². The Bertz CT molecular complexity index is 378. The Labute approximate surface area is 87.6 Å². The normalized spacial score (nSPS) is 25.3. The molecule has 15 heavy (non-hydrogen) atoms. The van der Waals surface area contributed by atoms with Gasteiger partial charge in [-0.25, -0.2) is 0 Å². The van der Waals surface area contributed by atoms with Gasteiger partial charge in [-0.2, -0.15) is 0 Å². The van der Waals surface area contributed by atoms with Crippen molar-refractivity contribution in [1.82, 2.24) is 5.32 Å². The first-order valence-corrected chi connectivity index (χ1v) is 4.91. The standard InChI is InChI=1S/C11H13NO3/c13-10-4-2-1-3-7(10)8-5-12-6-9(8)11(14)15/h1-4,8-9,12-13H,5-6H2,(H,14,15). The van der Waals surface area contributed by atoms with Gasteiger partial charge in [0, 0.05) is 19.0 Å². The molecule has 0 bridgehead atoms. The minimum atomic E-state index is -0.812. The minimum Gasteiger partial charge on any atom is -0.508 e. The van der Waals surface area contributed by atoms with E-state index in [1.54, 1.807) is 18.2 Å². The summed E-state index contributed by atoms with van der Waals surface area (Å²) in [6.07, 6.45) is 0. The molecule has 2 rings (SSSR count). The molecule has 1 aromatic rings. The lowest BCUT2D eigenvalue weighted by atomic mass is 9.88. The van der Waals surface area contributed by atoms with Crippen LogP contribution in [0.15, 0.2) is 24.3 Å². The zero-order valence-electron chi connectivity index (χ0n) is 8.18. The van der Waals surface area contributed by atoms with E-state index >= 15 is 0 Å². The SMILES string of the molecule is O=C(O)C1CNCC1c1ccccc1O. The van der Waals surface area contributed by atoms with Crippen molar-refractivity contribution in [3.63, 3.8) is 0 Å². The van der Waals surface area contributed by atoms with Crippen LogP contribution in [0.4, 0.5) is 0 Å². The molecular weight excluding hydrogens is 194 g/mol. The predicted octanol–water partition coefficient (Wildman–Crippen LogP) is 0.780. The highest BCUT2D eigenvalue weighted by Gasteiger charge is 2.34. The maximum Gasteiger partial charge on any atom is 0.308 e. The molecule has 1 aromatic carbocycles. The van der Waals surface area contributed by atoms with Crippen LogP contribution in [0.25, 0.3) is 0 Å². The summed E-state index contributed by atoms with van der Waals surface area (Å²) in [5, 5.41) is 21.7. The lowest BCUT2D eigenvalue weighted by Gasteiger charge is -2.15. The molecule has 1 heterocycles. The van der Waals surface area contributed by atoms with E-state index in [1.165, 1.54) is 0 Å². The number of carbonyl (C=O) groups is 1. The molecule has 2 atom stereocenters. The molecule has 80 valence electrons. The number of aliphatic carboxylic acids is 1. The van der Waals surface area contributed by atoms with E-state index in [2.05, 4.69) is 5.32 Å². The lowest BCUT2D eigenvalue weighted by molar-refractivity contribution is -0.141. The second-order valence-corrected chi connectivity index (χ2v) is 3.77. The largest absolute Gasteiger partial charge is 0.508 e. The number of para-hydroxylation sites is 1. The first-order chi connectivity index (χ1) is 7.20. The summed E-state index contributed by atoms with van der Waals surface area (Å²) >= 11 is 0. The average Bonchev–Trinajstić information content (AvgIpc) is 2.67. The second kappa shape index (κ2) is 3.90. The van der Waals surface area contributed by atoms with Gasteiger partial charge < -0.3 is 15.5 Å². The van der Waals surface area contributed by atoms with Crippen molar-refractivity contribution in [2.45, 2.75) is 5.92 Å². The van der Waals surface area contributed by atoms with E-state index in [9.17, 15) is 9.90 Å². The summed E-state index contributed by atoms with van der Waals surface area (Å²) in [7, 11) is 0. The van der Waals surface area contributed by atoms with Crippen LogP contribution >= 0.6 is 0 Å². The number of hydrogen-bond donors (Lipinski definition) is 3. The first-order valence-electron chi connectivity index (χ1n) is 4.91. The van der Waals surface area contributed by atoms with Gasteiger partial charge in [-0.3, -0.25) is 4.79 Å². The van der Waals surface area contributed by atoms with Gasteiger partial charge in [-0.05, 0) is 11.6 Å². The maximum absolute atomic E-state index is 11.0. The average molecular weight is 207 g/mol. The fourth-order valence-electron chi connectivity index (χ4n) is 2.07. The number of rotatable bonds is 2. The van der Waals surface area contributed by atoms with Crippen molar-refractivity contribution in [2.75, 3.05) is 13.1 Å². The first kappa shape index (κ1) is 9.98. The van der Waals surface area contributed by atoms with Gasteiger partial charge in [0.1, 0.15) is 5.75 Å². The van der Waals surface area contributed by atoms with Gasteiger partial charge in [-0.1, -0.05) is 18.2 Å². The third-order valence-electron chi connectivity index (χ3n) is 2.87. The van der Waals surface area contributed by atoms with Crippen molar-refractivity contribution in [3.05, 3.63) is 29.8 Å². The molecular formula is C11H13NO3. The third kappa shape index (κ3) is 1.80. The maximum atomic E-state index is 11.0. The van der Waals surface area contributed by atoms with Crippen molar-refractivity contribution in [1.29, 1.82) is 0 Å². The van der Waals surface area contributed by atoms with Crippen molar-refractivity contribution >= 4 is 5.97 Å². The Hall–Kier alpha value is -1.55.